The highest BCUT2D eigenvalue weighted by Crippen LogP contribution is 2.42. The number of likely N-dealkylation sites (tertiary alicyclic amines) is 1. The van der Waals surface area contributed by atoms with Crippen molar-refractivity contribution in [1.29, 1.82) is 0 Å². The number of benzene rings is 1. The molecule has 2 aromatic rings. The second kappa shape index (κ2) is 6.85. The Morgan fingerprint density at radius 3 is 2.52 bits per heavy atom. The molecule has 1 aromatic heterocycles. The molecule has 4 nitrogen and oxygen atoms in total. The average molecular weight is 337 g/mol. The van der Waals surface area contributed by atoms with Crippen LogP contribution < -0.4 is 0 Å². The third-order valence-electron chi connectivity index (χ3n) is 5.36. The lowest BCUT2D eigenvalue weighted by Gasteiger charge is -2.47. The van der Waals surface area contributed by atoms with Gasteiger partial charge in [0, 0.05) is 48.9 Å². The summed E-state index contributed by atoms with van der Waals surface area (Å²) < 4.78 is 6.10. The molecule has 132 valence electrons. The smallest absolute Gasteiger partial charge is 0.130 e. The minimum atomic E-state index is 0.373. The van der Waals surface area contributed by atoms with E-state index in [4.69, 9.17) is 4.74 Å². The first-order valence-electron chi connectivity index (χ1n) is 9.31. The molecule has 2 fully saturated rings. The molecule has 0 saturated carbocycles. The van der Waals surface area contributed by atoms with E-state index in [1.807, 2.05) is 12.4 Å². The minimum absolute atomic E-state index is 0.373. The van der Waals surface area contributed by atoms with E-state index in [-0.39, 0.29) is 0 Å². The first-order chi connectivity index (χ1) is 12.1. The van der Waals surface area contributed by atoms with Crippen LogP contribution in [0.3, 0.4) is 0 Å². The van der Waals surface area contributed by atoms with Gasteiger partial charge in [0.1, 0.15) is 5.82 Å². The third-order valence-corrected chi connectivity index (χ3v) is 5.36. The van der Waals surface area contributed by atoms with Gasteiger partial charge in [-0.3, -0.25) is 4.90 Å². The Bertz CT molecular complexity index is 693. The molecule has 1 aromatic carbocycles. The van der Waals surface area contributed by atoms with E-state index in [1.54, 1.807) is 0 Å². The van der Waals surface area contributed by atoms with Gasteiger partial charge in [0.25, 0.3) is 0 Å². The van der Waals surface area contributed by atoms with Crippen LogP contribution in [-0.4, -0.2) is 40.7 Å². The van der Waals surface area contributed by atoms with E-state index in [2.05, 4.69) is 59.0 Å². The number of ether oxygens (including phenoxy) is 1. The predicted molar refractivity (Wildman–Crippen MR) is 98.3 cm³/mol. The van der Waals surface area contributed by atoms with Gasteiger partial charge in [-0.1, -0.05) is 44.2 Å². The molecular weight excluding hydrogens is 310 g/mol. The lowest BCUT2D eigenvalue weighted by Crippen LogP contribution is -2.56. The van der Waals surface area contributed by atoms with Crippen LogP contribution in [0.25, 0.3) is 0 Å². The van der Waals surface area contributed by atoms with Crippen LogP contribution in [0.15, 0.2) is 42.7 Å². The molecule has 1 atom stereocenters. The maximum atomic E-state index is 6.10. The van der Waals surface area contributed by atoms with Crippen molar-refractivity contribution >= 4 is 0 Å². The minimum Gasteiger partial charge on any atom is -0.377 e. The zero-order chi connectivity index (χ0) is 17.3. The molecule has 25 heavy (non-hydrogen) atoms. The van der Waals surface area contributed by atoms with Crippen LogP contribution in [0.5, 0.6) is 0 Å². The summed E-state index contributed by atoms with van der Waals surface area (Å²) in [7, 11) is 0. The molecule has 0 N–H and O–H groups in total. The summed E-state index contributed by atoms with van der Waals surface area (Å²) in [5.74, 6) is 1.32. The van der Waals surface area contributed by atoms with E-state index in [1.165, 1.54) is 17.5 Å². The zero-order valence-electron chi connectivity index (χ0n) is 15.2. The van der Waals surface area contributed by atoms with Gasteiger partial charge in [0.15, 0.2) is 0 Å². The molecule has 0 radical (unpaired) electrons. The Labute approximate surface area is 150 Å². The van der Waals surface area contributed by atoms with E-state index >= 15 is 0 Å². The molecule has 1 spiro atoms. The maximum Gasteiger partial charge on any atom is 0.130 e. The largest absolute Gasteiger partial charge is 0.377 e. The van der Waals surface area contributed by atoms with Gasteiger partial charge < -0.3 is 4.74 Å². The van der Waals surface area contributed by atoms with Crippen molar-refractivity contribution in [3.05, 3.63) is 59.7 Å². The Morgan fingerprint density at radius 1 is 1.12 bits per heavy atom. The number of nitrogens with zero attached hydrogens (tertiary/aromatic N) is 3. The van der Waals surface area contributed by atoms with Crippen LogP contribution in [0.2, 0.25) is 0 Å². The van der Waals surface area contributed by atoms with Crippen molar-refractivity contribution in [2.24, 2.45) is 5.41 Å². The average Bonchev–Trinajstić information content (AvgIpc) is 3.00. The summed E-state index contributed by atoms with van der Waals surface area (Å²) in [5.41, 5.74) is 2.96. The van der Waals surface area contributed by atoms with Crippen molar-refractivity contribution < 1.29 is 4.74 Å². The summed E-state index contributed by atoms with van der Waals surface area (Å²) in [6.07, 6.45) is 6.56. The lowest BCUT2D eigenvalue weighted by molar-refractivity contribution is -0.0141. The SMILES string of the molecule is CC(C)c1ncc(CN2CC3(CO[C@@H](Cc4ccccc4)C3)C2)cn1. The highest BCUT2D eigenvalue weighted by atomic mass is 16.5. The lowest BCUT2D eigenvalue weighted by atomic mass is 9.77. The summed E-state index contributed by atoms with van der Waals surface area (Å²) in [5, 5.41) is 0. The van der Waals surface area contributed by atoms with Gasteiger partial charge in [-0.05, 0) is 18.4 Å². The number of aromatic nitrogens is 2. The van der Waals surface area contributed by atoms with Crippen molar-refractivity contribution in [3.8, 4) is 0 Å². The van der Waals surface area contributed by atoms with Crippen LogP contribution in [0.4, 0.5) is 0 Å². The molecule has 2 aliphatic rings. The van der Waals surface area contributed by atoms with Crippen molar-refractivity contribution in [2.75, 3.05) is 19.7 Å². The Balaban J connectivity index is 1.27. The first kappa shape index (κ1) is 16.7. The second-order valence-corrected chi connectivity index (χ2v) is 8.08. The van der Waals surface area contributed by atoms with Crippen molar-refractivity contribution in [1.82, 2.24) is 14.9 Å². The Morgan fingerprint density at radius 2 is 1.84 bits per heavy atom. The highest BCUT2D eigenvalue weighted by molar-refractivity contribution is 5.17. The molecule has 0 unspecified atom stereocenters. The molecule has 3 heterocycles. The monoisotopic (exact) mass is 337 g/mol. The number of hydrogen-bond donors (Lipinski definition) is 0. The summed E-state index contributed by atoms with van der Waals surface area (Å²) in [4.78, 5) is 11.4. The topological polar surface area (TPSA) is 38.2 Å². The van der Waals surface area contributed by atoms with Gasteiger partial charge in [0.2, 0.25) is 0 Å². The molecular formula is C21H27N3O. The molecule has 4 heteroatoms. The van der Waals surface area contributed by atoms with Crippen molar-refractivity contribution in [3.63, 3.8) is 0 Å². The van der Waals surface area contributed by atoms with Crippen LogP contribution >= 0.6 is 0 Å². The van der Waals surface area contributed by atoms with E-state index in [0.29, 0.717) is 17.4 Å². The molecule has 0 amide bonds. The van der Waals surface area contributed by atoms with E-state index < -0.39 is 0 Å². The van der Waals surface area contributed by atoms with Crippen LogP contribution in [0, 0.1) is 5.41 Å². The van der Waals surface area contributed by atoms with Crippen LogP contribution in [-0.2, 0) is 17.7 Å². The summed E-state index contributed by atoms with van der Waals surface area (Å²) in [6.45, 7) is 8.36. The summed E-state index contributed by atoms with van der Waals surface area (Å²) in [6, 6.07) is 10.7. The third kappa shape index (κ3) is 3.75. The van der Waals surface area contributed by atoms with Gasteiger partial charge in [-0.2, -0.15) is 0 Å². The maximum absolute atomic E-state index is 6.10. The Kier molecular flexibility index (Phi) is 4.57. The van der Waals surface area contributed by atoms with Crippen LogP contribution in [0.1, 0.15) is 43.1 Å². The molecule has 2 aliphatic heterocycles. The molecule has 2 saturated heterocycles. The highest BCUT2D eigenvalue weighted by Gasteiger charge is 2.48. The number of hydrogen-bond acceptors (Lipinski definition) is 4. The van der Waals surface area contributed by atoms with Gasteiger partial charge in [-0.25, -0.2) is 9.97 Å². The fraction of sp³-hybridized carbons (Fsp3) is 0.524. The first-order valence-corrected chi connectivity index (χ1v) is 9.31. The summed E-state index contributed by atoms with van der Waals surface area (Å²) >= 11 is 0. The van der Waals surface area contributed by atoms with Crippen molar-refractivity contribution in [2.45, 2.75) is 45.3 Å². The van der Waals surface area contributed by atoms with Gasteiger partial charge in [0.05, 0.1) is 12.7 Å². The normalized spacial score (nSPS) is 22.4. The quantitative estimate of drug-likeness (QED) is 0.838. The second-order valence-electron chi connectivity index (χ2n) is 8.08. The van der Waals surface area contributed by atoms with E-state index in [0.717, 1.165) is 38.5 Å². The van der Waals surface area contributed by atoms with E-state index in [9.17, 15) is 0 Å². The fourth-order valence-corrected chi connectivity index (χ4v) is 4.14. The molecule has 0 bridgehead atoms. The Hall–Kier alpha value is -1.78. The fourth-order valence-electron chi connectivity index (χ4n) is 4.14. The van der Waals surface area contributed by atoms with Gasteiger partial charge >= 0.3 is 0 Å². The molecule has 4 rings (SSSR count). The standard InChI is InChI=1S/C21H27N3O/c1-16(2)20-22-10-18(11-23-20)12-24-13-21(14-24)9-19(25-15-21)8-17-6-4-3-5-7-17/h3-7,10-11,16,19H,8-9,12-15H2,1-2H3/t19-/m0/s1. The molecule has 0 aliphatic carbocycles. The predicted octanol–water partition coefficient (Wildman–Crippen LogP) is 3.43. The zero-order valence-corrected chi connectivity index (χ0v) is 15.2. The number of rotatable bonds is 5. The van der Waals surface area contributed by atoms with Gasteiger partial charge in [-0.15, -0.1) is 0 Å².